The Bertz CT molecular complexity index is 1360. The van der Waals surface area contributed by atoms with Gasteiger partial charge in [-0.2, -0.15) is 0 Å². The summed E-state index contributed by atoms with van der Waals surface area (Å²) < 4.78 is 10.7. The number of nitrogens with zero attached hydrogens (tertiary/aromatic N) is 1. The van der Waals surface area contributed by atoms with Crippen molar-refractivity contribution in [2.24, 2.45) is 0 Å². The lowest BCUT2D eigenvalue weighted by Gasteiger charge is -2.26. The van der Waals surface area contributed by atoms with E-state index in [0.717, 1.165) is 5.56 Å². The molecule has 8 heteroatoms. The maximum absolute atomic E-state index is 13.3. The molecule has 8 nitrogen and oxygen atoms in total. The van der Waals surface area contributed by atoms with E-state index in [0.29, 0.717) is 22.6 Å². The highest BCUT2D eigenvalue weighted by Crippen LogP contribution is 2.44. The zero-order valence-corrected chi connectivity index (χ0v) is 19.3. The number of carbonyl (C=O) groups excluding carboxylic acids is 2. The Morgan fingerprint density at radius 3 is 2.17 bits per heavy atom. The highest BCUT2D eigenvalue weighted by Gasteiger charge is 2.47. The number of aryl methyl sites for hydroxylation is 1. The number of carboxylic acids is 1. The fourth-order valence-corrected chi connectivity index (χ4v) is 4.09. The van der Waals surface area contributed by atoms with Crippen LogP contribution in [0.3, 0.4) is 0 Å². The number of aliphatic hydroxyl groups is 1. The van der Waals surface area contributed by atoms with Crippen molar-refractivity contribution in [2.45, 2.75) is 13.0 Å². The number of Topliss-reactive ketones (excluding diaryl/α,β-unsaturated/α-hetero) is 1. The normalized spacial score (nSPS) is 16.9. The third-order valence-electron chi connectivity index (χ3n) is 5.86. The standard InChI is InChI=1S/C27H23NO7/c1-15-7-9-16(10-8-15)24(29)22-23(17-11-12-20(34-2)21(14-17)35-3)28(26(31)25(22)30)19-6-4-5-18(13-19)27(32)33/h4-14,23,29H,1-3H3,(H,32,33). The van der Waals surface area contributed by atoms with Crippen LogP contribution in [0.25, 0.3) is 5.76 Å². The van der Waals surface area contributed by atoms with Crippen molar-refractivity contribution in [3.63, 3.8) is 0 Å². The van der Waals surface area contributed by atoms with Gasteiger partial charge in [-0.25, -0.2) is 4.79 Å². The van der Waals surface area contributed by atoms with Gasteiger partial charge in [0.2, 0.25) is 0 Å². The summed E-state index contributed by atoms with van der Waals surface area (Å²) in [4.78, 5) is 39.3. The third-order valence-corrected chi connectivity index (χ3v) is 5.86. The van der Waals surface area contributed by atoms with Crippen LogP contribution >= 0.6 is 0 Å². The van der Waals surface area contributed by atoms with Crippen molar-refractivity contribution < 1.29 is 34.1 Å². The second kappa shape index (κ2) is 9.34. The van der Waals surface area contributed by atoms with Gasteiger partial charge in [0.05, 0.1) is 31.4 Å². The Morgan fingerprint density at radius 1 is 0.857 bits per heavy atom. The van der Waals surface area contributed by atoms with E-state index in [2.05, 4.69) is 0 Å². The molecule has 1 heterocycles. The molecule has 0 aliphatic carbocycles. The van der Waals surface area contributed by atoms with Gasteiger partial charge in [-0.3, -0.25) is 14.5 Å². The summed E-state index contributed by atoms with van der Waals surface area (Å²) in [7, 11) is 2.94. The zero-order chi connectivity index (χ0) is 25.3. The van der Waals surface area contributed by atoms with Crippen LogP contribution in [0, 0.1) is 6.92 Å². The van der Waals surface area contributed by atoms with Crippen molar-refractivity contribution in [2.75, 3.05) is 19.1 Å². The molecule has 0 aromatic heterocycles. The van der Waals surface area contributed by atoms with Crippen LogP contribution in [0.15, 0.2) is 72.3 Å². The van der Waals surface area contributed by atoms with Gasteiger partial charge in [-0.05, 0) is 42.8 Å². The van der Waals surface area contributed by atoms with Crippen molar-refractivity contribution in [3.05, 3.63) is 94.6 Å². The molecule has 1 aliphatic heterocycles. The van der Waals surface area contributed by atoms with Gasteiger partial charge in [0, 0.05) is 11.3 Å². The molecule has 178 valence electrons. The molecule has 3 aromatic rings. The second-order valence-corrected chi connectivity index (χ2v) is 8.01. The van der Waals surface area contributed by atoms with E-state index in [4.69, 9.17) is 9.47 Å². The van der Waals surface area contributed by atoms with Gasteiger partial charge in [0.1, 0.15) is 5.76 Å². The SMILES string of the molecule is COc1ccc(C2C(=C(O)c3ccc(C)cc3)C(=O)C(=O)N2c2cccc(C(=O)O)c2)cc1OC. The molecule has 1 fully saturated rings. The number of hydrogen-bond acceptors (Lipinski definition) is 6. The van der Waals surface area contributed by atoms with Gasteiger partial charge in [-0.15, -0.1) is 0 Å². The zero-order valence-electron chi connectivity index (χ0n) is 19.3. The number of benzene rings is 3. The molecule has 0 bridgehead atoms. The minimum atomic E-state index is -1.18. The number of hydrogen-bond donors (Lipinski definition) is 2. The minimum absolute atomic E-state index is 0.0472. The summed E-state index contributed by atoms with van der Waals surface area (Å²) in [6, 6.07) is 16.5. The van der Waals surface area contributed by atoms with Crippen LogP contribution < -0.4 is 14.4 Å². The lowest BCUT2D eigenvalue weighted by molar-refractivity contribution is -0.132. The van der Waals surface area contributed by atoms with Crippen molar-refractivity contribution in [1.29, 1.82) is 0 Å². The fourth-order valence-electron chi connectivity index (χ4n) is 4.09. The highest BCUT2D eigenvalue weighted by atomic mass is 16.5. The van der Waals surface area contributed by atoms with Crippen LogP contribution in [-0.4, -0.2) is 42.1 Å². The Hall–Kier alpha value is -4.59. The number of methoxy groups -OCH3 is 2. The van der Waals surface area contributed by atoms with Gasteiger partial charge in [-0.1, -0.05) is 42.0 Å². The summed E-state index contributed by atoms with van der Waals surface area (Å²) >= 11 is 0. The maximum Gasteiger partial charge on any atom is 0.335 e. The smallest absolute Gasteiger partial charge is 0.335 e. The van der Waals surface area contributed by atoms with E-state index in [9.17, 15) is 24.6 Å². The molecule has 1 amide bonds. The first-order chi connectivity index (χ1) is 16.8. The predicted octanol–water partition coefficient (Wildman–Crippen LogP) is 4.34. The number of ketones is 1. The number of carbonyl (C=O) groups is 3. The number of aromatic carboxylic acids is 1. The quantitative estimate of drug-likeness (QED) is 0.311. The first-order valence-electron chi connectivity index (χ1n) is 10.7. The van der Waals surface area contributed by atoms with Gasteiger partial charge in [0.15, 0.2) is 11.5 Å². The first kappa shape index (κ1) is 23.6. The molecule has 3 aromatic carbocycles. The first-order valence-corrected chi connectivity index (χ1v) is 10.7. The van der Waals surface area contributed by atoms with Crippen LogP contribution in [0.5, 0.6) is 11.5 Å². The molecular weight excluding hydrogens is 450 g/mol. The fraction of sp³-hybridized carbons (Fsp3) is 0.148. The van der Waals surface area contributed by atoms with E-state index >= 15 is 0 Å². The topological polar surface area (TPSA) is 113 Å². The second-order valence-electron chi connectivity index (χ2n) is 8.01. The van der Waals surface area contributed by atoms with E-state index < -0.39 is 23.7 Å². The summed E-state index contributed by atoms with van der Waals surface area (Å²) in [6.45, 7) is 1.89. The largest absolute Gasteiger partial charge is 0.507 e. The van der Waals surface area contributed by atoms with E-state index in [-0.39, 0.29) is 22.6 Å². The molecule has 2 N–H and O–H groups in total. The van der Waals surface area contributed by atoms with Crippen LogP contribution in [0.2, 0.25) is 0 Å². The molecular formula is C27H23NO7. The van der Waals surface area contributed by atoms with Crippen molar-refractivity contribution in [3.8, 4) is 11.5 Å². The summed E-state index contributed by atoms with van der Waals surface area (Å²) in [5.74, 6) is -2.47. The average Bonchev–Trinajstić information content (AvgIpc) is 3.13. The maximum atomic E-state index is 13.3. The Kier molecular flexibility index (Phi) is 6.29. The summed E-state index contributed by atoms with van der Waals surface area (Å²) in [6.07, 6.45) is 0. The van der Waals surface area contributed by atoms with Gasteiger partial charge >= 0.3 is 5.97 Å². The van der Waals surface area contributed by atoms with E-state index in [1.807, 2.05) is 6.92 Å². The Labute approximate surface area is 201 Å². The van der Waals surface area contributed by atoms with Crippen LogP contribution in [0.1, 0.15) is 33.1 Å². The predicted molar refractivity (Wildman–Crippen MR) is 129 cm³/mol. The molecule has 35 heavy (non-hydrogen) atoms. The number of carboxylic acid groups (broad SMARTS) is 1. The molecule has 1 saturated heterocycles. The number of aliphatic hydroxyl groups excluding tert-OH is 1. The molecule has 0 radical (unpaired) electrons. The summed E-state index contributed by atoms with van der Waals surface area (Å²) in [5.41, 5.74) is 1.84. The van der Waals surface area contributed by atoms with Gasteiger partial charge < -0.3 is 19.7 Å². The third kappa shape index (κ3) is 4.21. The molecule has 4 rings (SSSR count). The minimum Gasteiger partial charge on any atom is -0.507 e. The van der Waals surface area contributed by atoms with Crippen molar-refractivity contribution >= 4 is 29.1 Å². The number of rotatable bonds is 6. The summed E-state index contributed by atoms with van der Waals surface area (Å²) in [5, 5.41) is 20.6. The van der Waals surface area contributed by atoms with Crippen LogP contribution in [-0.2, 0) is 9.59 Å². The van der Waals surface area contributed by atoms with Gasteiger partial charge in [0.25, 0.3) is 11.7 Å². The molecule has 1 unspecified atom stereocenters. The monoisotopic (exact) mass is 473 g/mol. The van der Waals surface area contributed by atoms with E-state index in [1.54, 1.807) is 42.5 Å². The van der Waals surface area contributed by atoms with Crippen molar-refractivity contribution in [1.82, 2.24) is 0 Å². The Morgan fingerprint density at radius 2 is 1.54 bits per heavy atom. The number of amides is 1. The lowest BCUT2D eigenvalue weighted by atomic mass is 9.94. The average molecular weight is 473 g/mol. The highest BCUT2D eigenvalue weighted by molar-refractivity contribution is 6.51. The van der Waals surface area contributed by atoms with E-state index in [1.165, 1.54) is 43.4 Å². The Balaban J connectivity index is 1.98. The lowest BCUT2D eigenvalue weighted by Crippen LogP contribution is -2.29. The number of ether oxygens (including phenoxy) is 2. The molecule has 0 saturated carbocycles. The number of anilines is 1. The van der Waals surface area contributed by atoms with Crippen LogP contribution in [0.4, 0.5) is 5.69 Å². The molecule has 1 atom stereocenters. The molecule has 0 spiro atoms. The molecule has 1 aliphatic rings.